The molecule has 0 radical (unpaired) electrons. The standard InChI is InChI=1S/C17H21BrN2O/c1-13(2)9-19-10-16-6-7-17(11-20-16)21-12-14-4-3-5-15(18)8-14/h3-8,11,13,19H,9-10,12H2,1-2H3. The topological polar surface area (TPSA) is 34.1 Å². The van der Waals surface area contributed by atoms with E-state index in [1.165, 1.54) is 0 Å². The van der Waals surface area contributed by atoms with Crippen LogP contribution >= 0.6 is 15.9 Å². The summed E-state index contributed by atoms with van der Waals surface area (Å²) in [5.41, 5.74) is 2.16. The van der Waals surface area contributed by atoms with Crippen LogP contribution in [0.1, 0.15) is 25.1 Å². The van der Waals surface area contributed by atoms with Crippen LogP contribution in [0.25, 0.3) is 0 Å². The van der Waals surface area contributed by atoms with Crippen molar-refractivity contribution in [2.45, 2.75) is 27.0 Å². The van der Waals surface area contributed by atoms with Crippen molar-refractivity contribution in [3.05, 3.63) is 58.3 Å². The zero-order chi connectivity index (χ0) is 15.1. The van der Waals surface area contributed by atoms with Crippen molar-refractivity contribution in [2.75, 3.05) is 6.54 Å². The van der Waals surface area contributed by atoms with E-state index in [9.17, 15) is 0 Å². The Bertz CT molecular complexity index is 555. The molecule has 0 fully saturated rings. The quantitative estimate of drug-likeness (QED) is 0.815. The van der Waals surface area contributed by atoms with E-state index < -0.39 is 0 Å². The number of nitrogens with zero attached hydrogens (tertiary/aromatic N) is 1. The Labute approximate surface area is 134 Å². The molecular formula is C17H21BrN2O. The van der Waals surface area contributed by atoms with Crippen LogP contribution in [0, 0.1) is 5.92 Å². The van der Waals surface area contributed by atoms with Gasteiger partial charge in [0.15, 0.2) is 0 Å². The predicted octanol–water partition coefficient (Wildman–Crippen LogP) is 4.17. The highest BCUT2D eigenvalue weighted by Gasteiger charge is 2.00. The smallest absolute Gasteiger partial charge is 0.138 e. The molecule has 0 bridgehead atoms. The van der Waals surface area contributed by atoms with Crippen LogP contribution in [0.15, 0.2) is 47.1 Å². The molecule has 2 aromatic rings. The lowest BCUT2D eigenvalue weighted by molar-refractivity contribution is 0.304. The van der Waals surface area contributed by atoms with Gasteiger partial charge in [0.05, 0.1) is 11.9 Å². The maximum absolute atomic E-state index is 5.74. The fourth-order valence-corrected chi connectivity index (χ4v) is 2.33. The summed E-state index contributed by atoms with van der Waals surface area (Å²) < 4.78 is 6.80. The van der Waals surface area contributed by atoms with Crippen LogP contribution in [0.2, 0.25) is 0 Å². The van der Waals surface area contributed by atoms with Crippen LogP contribution in [0.3, 0.4) is 0 Å². The first-order valence-electron chi connectivity index (χ1n) is 7.16. The molecule has 0 aliphatic heterocycles. The molecule has 1 aromatic carbocycles. The normalized spacial score (nSPS) is 10.9. The van der Waals surface area contributed by atoms with Gasteiger partial charge < -0.3 is 10.1 Å². The predicted molar refractivity (Wildman–Crippen MR) is 89.3 cm³/mol. The van der Waals surface area contributed by atoms with E-state index in [1.54, 1.807) is 6.20 Å². The second-order valence-corrected chi connectivity index (χ2v) is 6.34. The van der Waals surface area contributed by atoms with Crippen molar-refractivity contribution in [1.82, 2.24) is 10.3 Å². The van der Waals surface area contributed by atoms with E-state index in [0.29, 0.717) is 12.5 Å². The largest absolute Gasteiger partial charge is 0.487 e. The SMILES string of the molecule is CC(C)CNCc1ccc(OCc2cccc(Br)c2)cn1. The van der Waals surface area contributed by atoms with E-state index in [1.807, 2.05) is 30.3 Å². The van der Waals surface area contributed by atoms with Gasteiger partial charge in [0.1, 0.15) is 12.4 Å². The summed E-state index contributed by atoms with van der Waals surface area (Å²) in [5, 5.41) is 3.38. The summed E-state index contributed by atoms with van der Waals surface area (Å²) in [5.74, 6) is 1.44. The van der Waals surface area contributed by atoms with Gasteiger partial charge in [-0.3, -0.25) is 4.98 Å². The highest BCUT2D eigenvalue weighted by molar-refractivity contribution is 9.10. The average molecular weight is 349 g/mol. The lowest BCUT2D eigenvalue weighted by Crippen LogP contribution is -2.19. The van der Waals surface area contributed by atoms with Gasteiger partial charge in [0.25, 0.3) is 0 Å². The average Bonchev–Trinajstić information content (AvgIpc) is 2.46. The molecule has 1 heterocycles. The summed E-state index contributed by atoms with van der Waals surface area (Å²) in [6.07, 6.45) is 1.78. The van der Waals surface area contributed by atoms with Gasteiger partial charge in [-0.05, 0) is 42.3 Å². The number of benzene rings is 1. The summed E-state index contributed by atoms with van der Waals surface area (Å²) in [6, 6.07) is 12.1. The minimum Gasteiger partial charge on any atom is -0.487 e. The Morgan fingerprint density at radius 2 is 2.10 bits per heavy atom. The van der Waals surface area contributed by atoms with E-state index in [2.05, 4.69) is 46.1 Å². The number of ether oxygens (including phenoxy) is 1. The lowest BCUT2D eigenvalue weighted by Gasteiger charge is -2.09. The molecule has 0 saturated heterocycles. The summed E-state index contributed by atoms with van der Waals surface area (Å²) >= 11 is 3.46. The number of hydrogen-bond acceptors (Lipinski definition) is 3. The van der Waals surface area contributed by atoms with E-state index in [-0.39, 0.29) is 0 Å². The molecule has 0 unspecified atom stereocenters. The fourth-order valence-electron chi connectivity index (χ4n) is 1.88. The van der Waals surface area contributed by atoms with Crippen molar-refractivity contribution >= 4 is 15.9 Å². The fraction of sp³-hybridized carbons (Fsp3) is 0.353. The van der Waals surface area contributed by atoms with Crippen molar-refractivity contribution in [1.29, 1.82) is 0 Å². The van der Waals surface area contributed by atoms with E-state index >= 15 is 0 Å². The van der Waals surface area contributed by atoms with Gasteiger partial charge in [-0.1, -0.05) is 41.9 Å². The zero-order valence-corrected chi connectivity index (χ0v) is 14.1. The molecule has 0 aliphatic carbocycles. The molecule has 3 nitrogen and oxygen atoms in total. The summed E-state index contributed by atoms with van der Waals surface area (Å²) in [7, 11) is 0. The zero-order valence-electron chi connectivity index (χ0n) is 12.5. The minimum atomic E-state index is 0.548. The second-order valence-electron chi connectivity index (χ2n) is 5.43. The molecule has 0 spiro atoms. The first-order valence-corrected chi connectivity index (χ1v) is 7.95. The Kier molecular flexibility index (Phi) is 6.21. The summed E-state index contributed by atoms with van der Waals surface area (Å²) in [4.78, 5) is 4.41. The van der Waals surface area contributed by atoms with Gasteiger partial charge in [-0.15, -0.1) is 0 Å². The van der Waals surface area contributed by atoms with Gasteiger partial charge in [0, 0.05) is 11.0 Å². The lowest BCUT2D eigenvalue weighted by atomic mass is 10.2. The van der Waals surface area contributed by atoms with E-state index in [4.69, 9.17) is 4.74 Å². The van der Waals surface area contributed by atoms with Crippen LogP contribution in [-0.4, -0.2) is 11.5 Å². The Balaban J connectivity index is 1.82. The minimum absolute atomic E-state index is 0.548. The third kappa shape index (κ3) is 5.86. The van der Waals surface area contributed by atoms with Crippen LogP contribution in [0.4, 0.5) is 0 Å². The summed E-state index contributed by atoms with van der Waals surface area (Å²) in [6.45, 7) is 6.73. The maximum Gasteiger partial charge on any atom is 0.138 e. The number of pyridine rings is 1. The maximum atomic E-state index is 5.74. The third-order valence-corrected chi connectivity index (χ3v) is 3.44. The molecule has 0 aliphatic rings. The molecule has 1 N–H and O–H groups in total. The monoisotopic (exact) mass is 348 g/mol. The number of rotatable bonds is 7. The van der Waals surface area contributed by atoms with Crippen molar-refractivity contribution in [3.63, 3.8) is 0 Å². The molecule has 1 aromatic heterocycles. The Hall–Kier alpha value is -1.39. The number of aromatic nitrogens is 1. The molecule has 0 atom stereocenters. The molecule has 2 rings (SSSR count). The Morgan fingerprint density at radius 1 is 1.24 bits per heavy atom. The van der Waals surface area contributed by atoms with Gasteiger partial charge >= 0.3 is 0 Å². The molecular weight excluding hydrogens is 328 g/mol. The number of nitrogens with one attached hydrogen (secondary N) is 1. The first kappa shape index (κ1) is 16.0. The highest BCUT2D eigenvalue weighted by atomic mass is 79.9. The molecule has 112 valence electrons. The van der Waals surface area contributed by atoms with Gasteiger partial charge in [-0.2, -0.15) is 0 Å². The second kappa shape index (κ2) is 8.15. The Morgan fingerprint density at radius 3 is 2.76 bits per heavy atom. The molecule has 4 heteroatoms. The molecule has 0 saturated carbocycles. The van der Waals surface area contributed by atoms with Crippen LogP contribution < -0.4 is 10.1 Å². The van der Waals surface area contributed by atoms with Crippen LogP contribution in [-0.2, 0) is 13.2 Å². The first-order chi connectivity index (χ1) is 10.1. The van der Waals surface area contributed by atoms with Crippen LogP contribution in [0.5, 0.6) is 5.75 Å². The highest BCUT2D eigenvalue weighted by Crippen LogP contribution is 2.15. The molecule has 0 amide bonds. The van der Waals surface area contributed by atoms with Gasteiger partial charge in [0.2, 0.25) is 0 Å². The van der Waals surface area contributed by atoms with Crippen molar-refractivity contribution in [2.24, 2.45) is 5.92 Å². The van der Waals surface area contributed by atoms with Crippen molar-refractivity contribution in [3.8, 4) is 5.75 Å². The van der Waals surface area contributed by atoms with Gasteiger partial charge in [-0.25, -0.2) is 0 Å². The van der Waals surface area contributed by atoms with E-state index in [0.717, 1.165) is 34.6 Å². The third-order valence-electron chi connectivity index (χ3n) is 2.95. The molecule has 21 heavy (non-hydrogen) atoms. The number of halogens is 1. The number of hydrogen-bond donors (Lipinski definition) is 1. The van der Waals surface area contributed by atoms with Crippen molar-refractivity contribution < 1.29 is 4.74 Å².